The van der Waals surface area contributed by atoms with Crippen molar-refractivity contribution in [1.29, 1.82) is 0 Å². The Morgan fingerprint density at radius 3 is 2.73 bits per heavy atom. The lowest BCUT2D eigenvalue weighted by Crippen LogP contribution is -2.40. The Kier molecular flexibility index (Phi) is 5.35. The molecule has 160 valence electrons. The number of hydrogen-bond acceptors (Lipinski definition) is 9. The van der Waals surface area contributed by atoms with Gasteiger partial charge in [-0.2, -0.15) is 14.6 Å². The molecule has 2 fully saturated rings. The zero-order valence-electron chi connectivity index (χ0n) is 16.5. The Morgan fingerprint density at radius 2 is 2.03 bits per heavy atom. The van der Waals surface area contributed by atoms with Crippen molar-refractivity contribution >= 4 is 28.4 Å². The minimum absolute atomic E-state index is 0.0982. The molecule has 2 aliphatic rings. The predicted molar refractivity (Wildman–Crippen MR) is 112 cm³/mol. The summed E-state index contributed by atoms with van der Waals surface area (Å²) in [6.45, 7) is 3.43. The van der Waals surface area contributed by atoms with Crippen LogP contribution >= 0.6 is 0 Å². The molecular weight excluding hydrogens is 406 g/mol. The van der Waals surface area contributed by atoms with E-state index in [4.69, 9.17) is 4.98 Å². The minimum atomic E-state index is -2.03. The second kappa shape index (κ2) is 8.28. The molecule has 0 radical (unpaired) electrons. The van der Waals surface area contributed by atoms with Crippen LogP contribution in [0.2, 0.25) is 0 Å². The minimum Gasteiger partial charge on any atom is -0.771 e. The number of aromatic amines is 1. The fourth-order valence-electron chi connectivity index (χ4n) is 4.27. The van der Waals surface area contributed by atoms with E-state index in [0.29, 0.717) is 5.95 Å². The SMILES string of the molecule is O=S([O-])CN1CCC(Nc2nc3c(N4CCCC4)c(-c4cn[nH]c4)ncn3n2)CC1. The molecule has 0 spiro atoms. The van der Waals surface area contributed by atoms with Crippen LogP contribution in [0.4, 0.5) is 11.6 Å². The van der Waals surface area contributed by atoms with Gasteiger partial charge in [0.1, 0.15) is 17.7 Å². The van der Waals surface area contributed by atoms with Gasteiger partial charge in [0, 0.05) is 44.0 Å². The first kappa shape index (κ1) is 19.4. The third-order valence-corrected chi connectivity index (χ3v) is 6.34. The van der Waals surface area contributed by atoms with Gasteiger partial charge in [-0.05, 0) is 36.8 Å². The van der Waals surface area contributed by atoms with Crippen LogP contribution in [0.1, 0.15) is 25.7 Å². The standard InChI is InChI=1S/C18H25N9O2S/c28-30(29)12-25-7-3-14(4-8-25)22-18-23-17-16(26-5-1-2-6-26)15(13-9-20-21-10-13)19-11-27(17)24-18/h9-11,14H,1-8,12H2,(H,20,21)(H,22,24)(H,28,29)/p-1. The van der Waals surface area contributed by atoms with Gasteiger partial charge in [0.15, 0.2) is 5.65 Å². The summed E-state index contributed by atoms with van der Waals surface area (Å²) in [7, 11) is 0. The third kappa shape index (κ3) is 3.89. The normalized spacial score (nSPS) is 19.6. The quantitative estimate of drug-likeness (QED) is 0.546. The number of nitrogens with one attached hydrogen (secondary N) is 2. The summed E-state index contributed by atoms with van der Waals surface area (Å²) < 4.78 is 23.5. The number of aromatic nitrogens is 6. The molecule has 1 atom stereocenters. The third-order valence-electron chi connectivity index (χ3n) is 5.77. The molecule has 30 heavy (non-hydrogen) atoms. The largest absolute Gasteiger partial charge is 0.771 e. The van der Waals surface area contributed by atoms with Gasteiger partial charge in [0.05, 0.1) is 12.1 Å². The summed E-state index contributed by atoms with van der Waals surface area (Å²) in [5, 5.41) is 15.0. The topological polar surface area (TPSA) is 130 Å². The van der Waals surface area contributed by atoms with E-state index in [2.05, 4.69) is 30.5 Å². The van der Waals surface area contributed by atoms with Gasteiger partial charge in [0.2, 0.25) is 5.95 Å². The van der Waals surface area contributed by atoms with Crippen LogP contribution in [0.3, 0.4) is 0 Å². The van der Waals surface area contributed by atoms with Gasteiger partial charge in [0.25, 0.3) is 0 Å². The molecule has 5 heterocycles. The first-order chi connectivity index (χ1) is 14.7. The van der Waals surface area contributed by atoms with Crippen molar-refractivity contribution < 1.29 is 8.76 Å². The fraction of sp³-hybridized carbons (Fsp3) is 0.556. The molecule has 2 N–H and O–H groups in total. The van der Waals surface area contributed by atoms with Crippen LogP contribution in [-0.2, 0) is 11.1 Å². The van der Waals surface area contributed by atoms with Crippen molar-refractivity contribution in [3.05, 3.63) is 18.7 Å². The zero-order chi connectivity index (χ0) is 20.5. The van der Waals surface area contributed by atoms with Crippen molar-refractivity contribution in [2.75, 3.05) is 42.3 Å². The monoisotopic (exact) mass is 430 g/mol. The summed E-state index contributed by atoms with van der Waals surface area (Å²) in [5.74, 6) is 0.675. The Hall–Kier alpha value is -2.57. The van der Waals surface area contributed by atoms with E-state index in [-0.39, 0.29) is 11.9 Å². The lowest BCUT2D eigenvalue weighted by Gasteiger charge is -2.32. The Balaban J connectivity index is 1.40. The maximum atomic E-state index is 10.9. The smallest absolute Gasteiger partial charge is 0.243 e. The van der Waals surface area contributed by atoms with Crippen molar-refractivity contribution in [3.8, 4) is 11.3 Å². The highest BCUT2D eigenvalue weighted by molar-refractivity contribution is 7.79. The molecule has 0 aromatic carbocycles. The fourth-order valence-corrected chi connectivity index (χ4v) is 4.82. The van der Waals surface area contributed by atoms with E-state index < -0.39 is 11.1 Å². The lowest BCUT2D eigenvalue weighted by atomic mass is 10.1. The molecule has 0 amide bonds. The maximum absolute atomic E-state index is 10.9. The van der Waals surface area contributed by atoms with Gasteiger partial charge in [-0.25, -0.2) is 4.98 Å². The number of fused-ring (bicyclic) bond motifs is 1. The molecule has 12 heteroatoms. The highest BCUT2D eigenvalue weighted by Crippen LogP contribution is 2.34. The molecule has 11 nitrogen and oxygen atoms in total. The van der Waals surface area contributed by atoms with E-state index in [1.807, 2.05) is 11.1 Å². The lowest BCUT2D eigenvalue weighted by molar-refractivity contribution is 0.247. The molecule has 3 aromatic heterocycles. The van der Waals surface area contributed by atoms with Crippen molar-refractivity contribution in [2.24, 2.45) is 0 Å². The second-order valence-electron chi connectivity index (χ2n) is 7.80. The Labute approximate surface area is 176 Å². The van der Waals surface area contributed by atoms with E-state index in [9.17, 15) is 8.76 Å². The first-order valence-electron chi connectivity index (χ1n) is 10.2. The molecule has 0 bridgehead atoms. The summed E-state index contributed by atoms with van der Waals surface area (Å²) in [6, 6.07) is 0.218. The summed E-state index contributed by atoms with van der Waals surface area (Å²) in [5.41, 5.74) is 3.56. The van der Waals surface area contributed by atoms with Crippen molar-refractivity contribution in [1.82, 2.24) is 34.7 Å². The molecule has 5 rings (SSSR count). The van der Waals surface area contributed by atoms with Crippen molar-refractivity contribution in [3.63, 3.8) is 0 Å². The number of hydrogen-bond donors (Lipinski definition) is 2. The zero-order valence-corrected chi connectivity index (χ0v) is 17.3. The van der Waals surface area contributed by atoms with E-state index in [0.717, 1.165) is 74.5 Å². The Morgan fingerprint density at radius 1 is 1.23 bits per heavy atom. The number of piperidine rings is 1. The maximum Gasteiger partial charge on any atom is 0.243 e. The van der Waals surface area contributed by atoms with Crippen LogP contribution in [-0.4, -0.2) is 81.5 Å². The number of anilines is 2. The van der Waals surface area contributed by atoms with Gasteiger partial charge < -0.3 is 14.8 Å². The van der Waals surface area contributed by atoms with Crippen LogP contribution in [0.15, 0.2) is 18.7 Å². The summed E-state index contributed by atoms with van der Waals surface area (Å²) in [6.07, 6.45) is 9.32. The number of H-pyrrole nitrogens is 1. The van der Waals surface area contributed by atoms with Gasteiger partial charge in [-0.3, -0.25) is 14.2 Å². The van der Waals surface area contributed by atoms with Crippen molar-refractivity contribution in [2.45, 2.75) is 31.7 Å². The number of rotatable bonds is 6. The summed E-state index contributed by atoms with van der Waals surface area (Å²) >= 11 is -2.03. The average Bonchev–Trinajstić information content (AvgIpc) is 3.49. The molecule has 2 aliphatic heterocycles. The van der Waals surface area contributed by atoms with E-state index in [1.165, 1.54) is 0 Å². The van der Waals surface area contributed by atoms with E-state index in [1.54, 1.807) is 17.0 Å². The van der Waals surface area contributed by atoms with Crippen LogP contribution in [0, 0.1) is 0 Å². The van der Waals surface area contributed by atoms with Crippen LogP contribution in [0.5, 0.6) is 0 Å². The van der Waals surface area contributed by atoms with Crippen LogP contribution in [0.25, 0.3) is 16.9 Å². The van der Waals surface area contributed by atoms with Gasteiger partial charge in [-0.15, -0.1) is 5.10 Å². The average molecular weight is 431 g/mol. The number of nitrogens with zero attached hydrogens (tertiary/aromatic N) is 7. The molecule has 0 saturated carbocycles. The highest BCUT2D eigenvalue weighted by Gasteiger charge is 2.25. The number of likely N-dealkylation sites (tertiary alicyclic amines) is 1. The predicted octanol–water partition coefficient (Wildman–Crippen LogP) is 0.827. The second-order valence-corrected chi connectivity index (χ2v) is 8.66. The Bertz CT molecular complexity index is 1020. The molecule has 1 unspecified atom stereocenters. The molecule has 2 saturated heterocycles. The van der Waals surface area contributed by atoms with E-state index >= 15 is 0 Å². The van der Waals surface area contributed by atoms with Crippen LogP contribution < -0.4 is 10.2 Å². The highest BCUT2D eigenvalue weighted by atomic mass is 32.2. The summed E-state index contributed by atoms with van der Waals surface area (Å²) in [4.78, 5) is 13.7. The molecular formula is C18H24N9O2S-. The van der Waals surface area contributed by atoms with Gasteiger partial charge >= 0.3 is 0 Å². The molecule has 0 aliphatic carbocycles. The van der Waals surface area contributed by atoms with Gasteiger partial charge in [-0.1, -0.05) is 0 Å². The molecule has 3 aromatic rings. The first-order valence-corrected chi connectivity index (χ1v) is 11.5.